The highest BCUT2D eigenvalue weighted by Gasteiger charge is 2.38. The number of hydrogen-bond acceptors (Lipinski definition) is 6. The van der Waals surface area contributed by atoms with Crippen LogP contribution >= 0.6 is 0 Å². The number of likely N-dealkylation sites (N-methyl/N-ethyl adjacent to an activating group) is 1. The Morgan fingerprint density at radius 1 is 1.03 bits per heavy atom. The molecule has 0 fully saturated rings. The molecule has 1 atom stereocenters. The first kappa shape index (κ1) is 26.9. The molecule has 3 rings (SSSR count). The van der Waals surface area contributed by atoms with Crippen LogP contribution in [0, 0.1) is 11.3 Å². The van der Waals surface area contributed by atoms with E-state index in [0.717, 1.165) is 29.3 Å². The molecule has 0 N–H and O–H groups in total. The van der Waals surface area contributed by atoms with Gasteiger partial charge in [0.1, 0.15) is 12.3 Å². The van der Waals surface area contributed by atoms with Crippen LogP contribution in [0.25, 0.3) is 0 Å². The number of halogens is 9. The molecule has 0 saturated carbocycles. The molecule has 0 spiro atoms. The molecular formula is C21H15F9N4O2. The monoisotopic (exact) mass is 526 g/mol. The maximum atomic E-state index is 13.3. The van der Waals surface area contributed by atoms with Gasteiger partial charge in [0.2, 0.25) is 5.90 Å². The van der Waals surface area contributed by atoms with Crippen LogP contribution in [0.15, 0.2) is 47.5 Å². The van der Waals surface area contributed by atoms with E-state index in [1.807, 2.05) is 0 Å². The minimum absolute atomic E-state index is 0.135. The van der Waals surface area contributed by atoms with Gasteiger partial charge in [-0.3, -0.25) is 0 Å². The zero-order chi connectivity index (χ0) is 26.9. The van der Waals surface area contributed by atoms with Gasteiger partial charge in [0.25, 0.3) is 0 Å². The zero-order valence-electron chi connectivity index (χ0n) is 18.0. The summed E-state index contributed by atoms with van der Waals surface area (Å²) in [6.07, 6.45) is -15.8. The molecule has 1 unspecified atom stereocenters. The highest BCUT2D eigenvalue weighted by Crippen LogP contribution is 2.35. The lowest BCUT2D eigenvalue weighted by Gasteiger charge is -2.29. The van der Waals surface area contributed by atoms with Gasteiger partial charge in [0, 0.05) is 18.3 Å². The van der Waals surface area contributed by atoms with Gasteiger partial charge >= 0.3 is 18.7 Å². The molecule has 0 saturated heterocycles. The van der Waals surface area contributed by atoms with Gasteiger partial charge in [-0.2, -0.15) is 31.6 Å². The number of hydrogen-bond donors (Lipinski definition) is 0. The van der Waals surface area contributed by atoms with Crippen molar-refractivity contribution >= 4 is 11.6 Å². The molecule has 194 valence electrons. The Hall–Kier alpha value is -3.67. The van der Waals surface area contributed by atoms with Crippen molar-refractivity contribution in [3.8, 4) is 11.8 Å². The molecule has 6 nitrogen and oxygen atoms in total. The van der Waals surface area contributed by atoms with Gasteiger partial charge in [-0.25, -0.2) is 4.99 Å². The van der Waals surface area contributed by atoms with Gasteiger partial charge in [0.15, 0.2) is 6.17 Å². The molecule has 2 aromatic rings. The number of nitriles is 1. The summed E-state index contributed by atoms with van der Waals surface area (Å²) in [6.45, 7) is -2.20. The molecule has 0 amide bonds. The standard InChI is InChI=1S/C21H15F9N4O2/c1-33-17(32-18(36-33)12-3-6-15(7-4-12)35-21(28,29)30)10-34(11-19(22,23)24)14-5-2-13(9-31)16(8-14)20(25,26)27/h2-8,17H,10-11H2,1H3. The minimum atomic E-state index is -4.98. The van der Waals surface area contributed by atoms with Crippen LogP contribution in [-0.2, 0) is 11.0 Å². The third kappa shape index (κ3) is 6.94. The summed E-state index contributed by atoms with van der Waals surface area (Å²) in [5.41, 5.74) is -2.42. The molecule has 36 heavy (non-hydrogen) atoms. The van der Waals surface area contributed by atoms with Crippen LogP contribution in [0.1, 0.15) is 16.7 Å². The van der Waals surface area contributed by atoms with Crippen molar-refractivity contribution in [1.82, 2.24) is 5.06 Å². The van der Waals surface area contributed by atoms with Gasteiger partial charge in [-0.15, -0.1) is 18.2 Å². The molecule has 15 heteroatoms. The molecule has 2 aromatic carbocycles. The van der Waals surface area contributed by atoms with Gasteiger partial charge in [0.05, 0.1) is 23.7 Å². The number of alkyl halides is 9. The van der Waals surface area contributed by atoms with Gasteiger partial charge < -0.3 is 14.5 Å². The smallest absolute Gasteiger partial charge is 0.406 e. The molecule has 0 bridgehead atoms. The summed E-state index contributed by atoms with van der Waals surface area (Å²) in [5, 5.41) is 9.97. The van der Waals surface area contributed by atoms with Gasteiger partial charge in [-0.05, 0) is 42.5 Å². The average Bonchev–Trinajstić information content (AvgIpc) is 3.11. The summed E-state index contributed by atoms with van der Waals surface area (Å²) in [6, 6.07) is 7.85. The molecule has 0 radical (unpaired) electrons. The van der Waals surface area contributed by atoms with Crippen molar-refractivity contribution in [2.75, 3.05) is 25.0 Å². The van der Waals surface area contributed by atoms with E-state index in [9.17, 15) is 39.5 Å². The fraction of sp³-hybridized carbons (Fsp3) is 0.333. The highest BCUT2D eigenvalue weighted by molar-refractivity contribution is 5.94. The number of hydroxylamine groups is 2. The number of ether oxygens (including phenoxy) is 1. The van der Waals surface area contributed by atoms with E-state index in [1.54, 1.807) is 0 Å². The predicted molar refractivity (Wildman–Crippen MR) is 107 cm³/mol. The molecular weight excluding hydrogens is 511 g/mol. The zero-order valence-corrected chi connectivity index (χ0v) is 18.0. The van der Waals surface area contributed by atoms with Crippen LogP contribution < -0.4 is 9.64 Å². The molecule has 1 aliphatic rings. The Bertz CT molecular complexity index is 1150. The van der Waals surface area contributed by atoms with Crippen molar-refractivity contribution in [2.24, 2.45) is 4.99 Å². The first-order valence-electron chi connectivity index (χ1n) is 9.83. The minimum Gasteiger partial charge on any atom is -0.406 e. The van der Waals surface area contributed by atoms with E-state index >= 15 is 0 Å². The SMILES string of the molecule is CN1OC(c2ccc(OC(F)(F)F)cc2)=NC1CN(CC(F)(F)F)c1ccc(C#N)c(C(F)(F)F)c1. The number of nitrogens with zero attached hydrogens (tertiary/aromatic N) is 4. The first-order chi connectivity index (χ1) is 16.6. The average molecular weight is 526 g/mol. The quantitative estimate of drug-likeness (QED) is 0.466. The van der Waals surface area contributed by atoms with Crippen molar-refractivity contribution in [3.05, 3.63) is 59.2 Å². The number of rotatable bonds is 6. The number of benzene rings is 2. The first-order valence-corrected chi connectivity index (χ1v) is 9.83. The maximum absolute atomic E-state index is 13.3. The van der Waals surface area contributed by atoms with E-state index in [1.165, 1.54) is 25.2 Å². The summed E-state index contributed by atoms with van der Waals surface area (Å²) in [5.74, 6) is -0.656. The maximum Gasteiger partial charge on any atom is 0.573 e. The largest absolute Gasteiger partial charge is 0.573 e. The third-order valence-corrected chi connectivity index (χ3v) is 4.80. The van der Waals surface area contributed by atoms with Crippen LogP contribution in [0.3, 0.4) is 0 Å². The molecule has 0 aromatic heterocycles. The number of aliphatic imine (C=N–C) groups is 1. The summed E-state index contributed by atoms with van der Waals surface area (Å²) >= 11 is 0. The van der Waals surface area contributed by atoms with Crippen LogP contribution in [0.4, 0.5) is 45.2 Å². The van der Waals surface area contributed by atoms with E-state index in [4.69, 9.17) is 10.1 Å². The van der Waals surface area contributed by atoms with Crippen LogP contribution in [0.2, 0.25) is 0 Å². The molecule has 1 aliphatic heterocycles. The lowest BCUT2D eigenvalue weighted by molar-refractivity contribution is -0.274. The van der Waals surface area contributed by atoms with Crippen molar-refractivity contribution in [3.63, 3.8) is 0 Å². The Labute approximate surface area is 197 Å². The predicted octanol–water partition coefficient (Wildman–Crippen LogP) is 5.49. The fourth-order valence-corrected chi connectivity index (χ4v) is 3.26. The second-order valence-corrected chi connectivity index (χ2v) is 7.46. The number of anilines is 1. The van der Waals surface area contributed by atoms with E-state index in [-0.39, 0.29) is 11.5 Å². The normalized spacial score (nSPS) is 16.8. The second kappa shape index (κ2) is 9.76. The molecule has 1 heterocycles. The van der Waals surface area contributed by atoms with Gasteiger partial charge in [-0.1, -0.05) is 0 Å². The summed E-state index contributed by atoms with van der Waals surface area (Å²) < 4.78 is 120. The van der Waals surface area contributed by atoms with E-state index < -0.39 is 60.5 Å². The van der Waals surface area contributed by atoms with Crippen molar-refractivity contribution in [1.29, 1.82) is 5.26 Å². The Kier molecular flexibility index (Phi) is 7.30. The Balaban J connectivity index is 1.88. The van der Waals surface area contributed by atoms with Crippen molar-refractivity contribution in [2.45, 2.75) is 24.9 Å². The Morgan fingerprint density at radius 3 is 2.19 bits per heavy atom. The van der Waals surface area contributed by atoms with E-state index in [2.05, 4.69) is 9.73 Å². The summed E-state index contributed by atoms with van der Waals surface area (Å²) in [4.78, 5) is 10.1. The molecule has 0 aliphatic carbocycles. The van der Waals surface area contributed by atoms with Crippen molar-refractivity contribution < 1.29 is 49.1 Å². The second-order valence-electron chi connectivity index (χ2n) is 7.46. The lowest BCUT2D eigenvalue weighted by atomic mass is 10.1. The topological polar surface area (TPSA) is 61.1 Å². The fourth-order valence-electron chi connectivity index (χ4n) is 3.26. The third-order valence-electron chi connectivity index (χ3n) is 4.80. The highest BCUT2D eigenvalue weighted by atomic mass is 19.4. The Morgan fingerprint density at radius 2 is 1.67 bits per heavy atom. The van der Waals surface area contributed by atoms with Crippen LogP contribution in [0.5, 0.6) is 5.75 Å². The van der Waals surface area contributed by atoms with Crippen LogP contribution in [-0.4, -0.2) is 49.8 Å². The van der Waals surface area contributed by atoms with E-state index in [0.29, 0.717) is 11.0 Å². The summed E-state index contributed by atoms with van der Waals surface area (Å²) in [7, 11) is 1.31. The lowest BCUT2D eigenvalue weighted by Crippen LogP contribution is -2.42.